The molecule has 0 amide bonds. The standard InChI is InChI=1S/C26H32NO2PSi/c1-26(2,29-31(3,4)5)24-19-28-25(27-24)22-17-12-18-23(22)30(20-13-8-6-9-14-20)21-15-10-7-11-16-21/h6-18,24,27H,19H2,1-5H3/b25-22-/t24-/m0/s1. The zero-order valence-corrected chi connectivity index (χ0v) is 20.9. The van der Waals surface area contributed by atoms with Gasteiger partial charge in [-0.05, 0) is 63.4 Å². The van der Waals surface area contributed by atoms with E-state index in [1.807, 2.05) is 0 Å². The summed E-state index contributed by atoms with van der Waals surface area (Å²) in [5.74, 6) is 0.872. The van der Waals surface area contributed by atoms with Crippen LogP contribution in [0.3, 0.4) is 0 Å². The van der Waals surface area contributed by atoms with Crippen LogP contribution < -0.4 is 15.9 Å². The predicted octanol–water partition coefficient (Wildman–Crippen LogP) is 5.40. The Morgan fingerprint density at radius 1 is 0.968 bits per heavy atom. The van der Waals surface area contributed by atoms with Crippen LogP contribution in [0.15, 0.2) is 95.7 Å². The van der Waals surface area contributed by atoms with Gasteiger partial charge in [-0.3, -0.25) is 0 Å². The fraction of sp³-hybridized carbons (Fsp3) is 0.308. The maximum absolute atomic E-state index is 6.48. The lowest BCUT2D eigenvalue weighted by molar-refractivity contribution is 0.0586. The van der Waals surface area contributed by atoms with Crippen molar-refractivity contribution in [1.29, 1.82) is 0 Å². The summed E-state index contributed by atoms with van der Waals surface area (Å²) in [7, 11) is -2.34. The molecule has 1 aliphatic carbocycles. The van der Waals surface area contributed by atoms with E-state index in [2.05, 4.69) is 118 Å². The highest BCUT2D eigenvalue weighted by atomic mass is 31.1. The third-order valence-electron chi connectivity index (χ3n) is 5.42. The van der Waals surface area contributed by atoms with Gasteiger partial charge in [-0.2, -0.15) is 0 Å². The van der Waals surface area contributed by atoms with Gasteiger partial charge in [0, 0.05) is 5.57 Å². The molecule has 162 valence electrons. The second kappa shape index (κ2) is 8.78. The van der Waals surface area contributed by atoms with Crippen molar-refractivity contribution in [3.8, 4) is 0 Å². The van der Waals surface area contributed by atoms with Gasteiger partial charge in [0.1, 0.15) is 6.61 Å². The smallest absolute Gasteiger partial charge is 0.195 e. The van der Waals surface area contributed by atoms with Crippen LogP contribution in [0.5, 0.6) is 0 Å². The first kappa shape index (κ1) is 22.1. The summed E-state index contributed by atoms with van der Waals surface area (Å²) in [6, 6.07) is 21.7. The van der Waals surface area contributed by atoms with Crippen LogP contribution in [-0.2, 0) is 9.16 Å². The number of rotatable bonds is 6. The molecular formula is C26H32NO2PSi. The van der Waals surface area contributed by atoms with Crippen molar-refractivity contribution in [2.45, 2.75) is 45.1 Å². The molecule has 1 aliphatic heterocycles. The quantitative estimate of drug-likeness (QED) is 0.473. The van der Waals surface area contributed by atoms with E-state index in [-0.39, 0.29) is 11.6 Å². The molecule has 5 heteroatoms. The molecule has 2 aromatic rings. The molecule has 0 bridgehead atoms. The van der Waals surface area contributed by atoms with E-state index in [1.165, 1.54) is 15.9 Å². The van der Waals surface area contributed by atoms with Crippen molar-refractivity contribution in [3.63, 3.8) is 0 Å². The maximum atomic E-state index is 6.48. The average molecular weight is 450 g/mol. The van der Waals surface area contributed by atoms with Crippen LogP contribution in [0.25, 0.3) is 0 Å². The second-order valence-electron chi connectivity index (χ2n) is 9.49. The van der Waals surface area contributed by atoms with Crippen LogP contribution >= 0.6 is 7.92 Å². The summed E-state index contributed by atoms with van der Waals surface area (Å²) in [6.45, 7) is 11.7. The van der Waals surface area contributed by atoms with Crippen molar-refractivity contribution in [2.75, 3.05) is 6.61 Å². The molecule has 2 aromatic carbocycles. The topological polar surface area (TPSA) is 30.5 Å². The van der Waals surface area contributed by atoms with E-state index >= 15 is 0 Å². The highest BCUT2D eigenvalue weighted by Crippen LogP contribution is 2.49. The normalized spacial score (nSPS) is 21.2. The molecule has 1 atom stereocenters. The Hall–Kier alpha value is -2.13. The first-order valence-electron chi connectivity index (χ1n) is 10.9. The van der Waals surface area contributed by atoms with E-state index in [9.17, 15) is 0 Å². The Balaban J connectivity index is 1.66. The van der Waals surface area contributed by atoms with Gasteiger partial charge in [0.25, 0.3) is 0 Å². The van der Waals surface area contributed by atoms with Crippen LogP contribution in [0.1, 0.15) is 13.8 Å². The van der Waals surface area contributed by atoms with Gasteiger partial charge in [0.05, 0.1) is 11.6 Å². The Labute approximate surface area is 188 Å². The van der Waals surface area contributed by atoms with E-state index < -0.39 is 16.2 Å². The molecule has 0 radical (unpaired) electrons. The van der Waals surface area contributed by atoms with Crippen molar-refractivity contribution in [1.82, 2.24) is 5.32 Å². The molecular weight excluding hydrogens is 417 g/mol. The van der Waals surface area contributed by atoms with E-state index in [0.717, 1.165) is 11.5 Å². The van der Waals surface area contributed by atoms with Gasteiger partial charge in [-0.15, -0.1) is 0 Å². The number of allylic oxidation sites excluding steroid dienone is 5. The summed E-state index contributed by atoms with van der Waals surface area (Å²) >= 11 is 0. The molecule has 3 nitrogen and oxygen atoms in total. The van der Waals surface area contributed by atoms with Crippen molar-refractivity contribution < 1.29 is 9.16 Å². The summed E-state index contributed by atoms with van der Waals surface area (Å²) in [5, 5.41) is 7.66. The average Bonchev–Trinajstić information content (AvgIpc) is 3.38. The molecule has 0 aromatic heterocycles. The summed E-state index contributed by atoms with van der Waals surface area (Å²) in [5.41, 5.74) is 0.868. The lowest BCUT2D eigenvalue weighted by Crippen LogP contribution is -2.51. The zero-order chi connectivity index (χ0) is 22.1. The maximum Gasteiger partial charge on any atom is 0.195 e. The van der Waals surface area contributed by atoms with Gasteiger partial charge in [-0.1, -0.05) is 72.8 Å². The number of benzene rings is 2. The minimum absolute atomic E-state index is 0.122. The van der Waals surface area contributed by atoms with Gasteiger partial charge >= 0.3 is 0 Å². The number of hydrogen-bond donors (Lipinski definition) is 1. The third kappa shape index (κ3) is 5.03. The van der Waals surface area contributed by atoms with Crippen molar-refractivity contribution >= 4 is 26.8 Å². The van der Waals surface area contributed by atoms with Crippen molar-refractivity contribution in [3.05, 3.63) is 95.7 Å². The minimum atomic E-state index is -1.67. The Bertz CT molecular complexity index is 967. The molecule has 1 N–H and O–H groups in total. The molecule has 1 fully saturated rings. The number of ether oxygens (including phenoxy) is 1. The summed E-state index contributed by atoms with van der Waals surface area (Å²) in [4.78, 5) is 0. The minimum Gasteiger partial charge on any atom is -0.476 e. The highest BCUT2D eigenvalue weighted by Gasteiger charge is 2.40. The molecule has 0 unspecified atom stereocenters. The number of hydrogen-bond acceptors (Lipinski definition) is 3. The molecule has 31 heavy (non-hydrogen) atoms. The first-order valence-corrected chi connectivity index (χ1v) is 15.6. The SMILES string of the molecule is CC(C)(O[Si](C)(C)C)[C@@H]1CO/C(=C2/C=CC=C2P(c2ccccc2)c2ccccc2)N1. The Morgan fingerprint density at radius 2 is 1.55 bits per heavy atom. The molecule has 1 heterocycles. The van der Waals surface area contributed by atoms with Gasteiger partial charge in [0.15, 0.2) is 14.2 Å². The van der Waals surface area contributed by atoms with Crippen molar-refractivity contribution in [2.24, 2.45) is 0 Å². The Morgan fingerprint density at radius 3 is 2.10 bits per heavy atom. The summed E-state index contributed by atoms with van der Waals surface area (Å²) < 4.78 is 12.7. The van der Waals surface area contributed by atoms with Gasteiger partial charge in [-0.25, -0.2) is 0 Å². The first-order chi connectivity index (χ1) is 14.7. The molecule has 4 rings (SSSR count). The zero-order valence-electron chi connectivity index (χ0n) is 19.1. The summed E-state index contributed by atoms with van der Waals surface area (Å²) in [6.07, 6.45) is 6.56. The molecule has 0 spiro atoms. The van der Waals surface area contributed by atoms with E-state index in [4.69, 9.17) is 9.16 Å². The fourth-order valence-electron chi connectivity index (χ4n) is 4.18. The second-order valence-corrected chi connectivity index (χ2v) is 16.1. The van der Waals surface area contributed by atoms with Crippen LogP contribution in [0, 0.1) is 0 Å². The molecule has 1 saturated heterocycles. The van der Waals surface area contributed by atoms with E-state index in [0.29, 0.717) is 6.61 Å². The largest absolute Gasteiger partial charge is 0.476 e. The molecule has 0 saturated carbocycles. The predicted molar refractivity (Wildman–Crippen MR) is 135 cm³/mol. The van der Waals surface area contributed by atoms with Gasteiger partial charge in [0.2, 0.25) is 0 Å². The Kier molecular flexibility index (Phi) is 6.25. The van der Waals surface area contributed by atoms with Crippen LogP contribution in [0.2, 0.25) is 19.6 Å². The van der Waals surface area contributed by atoms with E-state index in [1.54, 1.807) is 0 Å². The van der Waals surface area contributed by atoms with Crippen LogP contribution in [-0.4, -0.2) is 26.6 Å². The monoisotopic (exact) mass is 449 g/mol. The highest BCUT2D eigenvalue weighted by molar-refractivity contribution is 7.77. The number of nitrogens with one attached hydrogen (secondary N) is 1. The fourth-order valence-corrected chi connectivity index (χ4v) is 8.35. The van der Waals surface area contributed by atoms with Gasteiger partial charge < -0.3 is 14.5 Å². The molecule has 2 aliphatic rings. The lowest BCUT2D eigenvalue weighted by Gasteiger charge is -2.36. The van der Waals surface area contributed by atoms with Crippen LogP contribution in [0.4, 0.5) is 0 Å². The lowest BCUT2D eigenvalue weighted by atomic mass is 10.0. The third-order valence-corrected chi connectivity index (χ3v) is 9.05.